The predicted octanol–water partition coefficient (Wildman–Crippen LogP) is 2.80. The molecule has 0 unspecified atom stereocenters. The third kappa shape index (κ3) is 3.05. The fraction of sp³-hybridized carbons (Fsp3) is 0.308. The number of hydrogen-bond donors (Lipinski definition) is 1. The Morgan fingerprint density at radius 1 is 1.39 bits per heavy atom. The summed E-state index contributed by atoms with van der Waals surface area (Å²) < 4.78 is 13.3. The molecule has 0 saturated carbocycles. The summed E-state index contributed by atoms with van der Waals surface area (Å²) in [5, 5.41) is 3.10. The van der Waals surface area contributed by atoms with Crippen molar-refractivity contribution in [3.05, 3.63) is 45.7 Å². The van der Waals surface area contributed by atoms with Crippen molar-refractivity contribution in [2.45, 2.75) is 20.0 Å². The first-order valence-corrected chi connectivity index (χ1v) is 6.56. The molecule has 0 spiro atoms. The molecule has 3 nitrogen and oxygen atoms in total. The highest BCUT2D eigenvalue weighted by Crippen LogP contribution is 2.18. The quantitative estimate of drug-likeness (QED) is 0.864. The molecule has 0 aliphatic carbocycles. The summed E-state index contributed by atoms with van der Waals surface area (Å²) in [4.78, 5) is 6.47. The van der Waals surface area contributed by atoms with Gasteiger partial charge in [-0.2, -0.15) is 0 Å². The highest BCUT2D eigenvalue weighted by Gasteiger charge is 2.08. The van der Waals surface area contributed by atoms with Gasteiger partial charge in [0.1, 0.15) is 5.82 Å². The summed E-state index contributed by atoms with van der Waals surface area (Å²) >= 11 is 1.64. The van der Waals surface area contributed by atoms with E-state index in [1.165, 1.54) is 6.07 Å². The van der Waals surface area contributed by atoms with Crippen LogP contribution in [0.25, 0.3) is 0 Å². The number of anilines is 1. The molecule has 2 aromatic rings. The Morgan fingerprint density at radius 2 is 2.17 bits per heavy atom. The van der Waals surface area contributed by atoms with Crippen LogP contribution < -0.4 is 5.73 Å². The van der Waals surface area contributed by atoms with Crippen molar-refractivity contribution in [3.8, 4) is 0 Å². The smallest absolute Gasteiger partial charge is 0.146 e. The van der Waals surface area contributed by atoms with Crippen molar-refractivity contribution >= 4 is 17.0 Å². The van der Waals surface area contributed by atoms with Gasteiger partial charge in [-0.3, -0.25) is 4.90 Å². The largest absolute Gasteiger partial charge is 0.396 e. The lowest BCUT2D eigenvalue weighted by Crippen LogP contribution is -2.18. The normalized spacial score (nSPS) is 11.1. The second-order valence-corrected chi connectivity index (χ2v) is 5.41. The van der Waals surface area contributed by atoms with Gasteiger partial charge in [-0.05, 0) is 25.6 Å². The van der Waals surface area contributed by atoms with Crippen molar-refractivity contribution in [2.24, 2.45) is 0 Å². The molecule has 0 aliphatic heterocycles. The molecule has 0 radical (unpaired) electrons. The number of benzene rings is 1. The van der Waals surface area contributed by atoms with Gasteiger partial charge in [0.2, 0.25) is 0 Å². The molecule has 0 saturated heterocycles. The molecule has 1 aromatic heterocycles. The highest BCUT2D eigenvalue weighted by atomic mass is 32.1. The molecule has 2 rings (SSSR count). The molecule has 96 valence electrons. The van der Waals surface area contributed by atoms with Crippen LogP contribution in [-0.4, -0.2) is 16.9 Å². The topological polar surface area (TPSA) is 42.2 Å². The van der Waals surface area contributed by atoms with Crippen LogP contribution in [-0.2, 0) is 13.1 Å². The molecular formula is C13H16FN3S. The van der Waals surface area contributed by atoms with Crippen LogP contribution in [0.5, 0.6) is 0 Å². The summed E-state index contributed by atoms with van der Waals surface area (Å²) in [6.07, 6.45) is 0. The highest BCUT2D eigenvalue weighted by molar-refractivity contribution is 7.09. The van der Waals surface area contributed by atoms with Gasteiger partial charge in [0.05, 0.1) is 16.4 Å². The van der Waals surface area contributed by atoms with Gasteiger partial charge in [-0.25, -0.2) is 9.37 Å². The van der Waals surface area contributed by atoms with Crippen molar-refractivity contribution in [2.75, 3.05) is 12.8 Å². The zero-order valence-corrected chi connectivity index (χ0v) is 11.3. The van der Waals surface area contributed by atoms with E-state index in [2.05, 4.69) is 9.88 Å². The van der Waals surface area contributed by atoms with E-state index >= 15 is 0 Å². The Kier molecular flexibility index (Phi) is 3.93. The molecule has 0 aliphatic rings. The van der Waals surface area contributed by atoms with Crippen LogP contribution in [0.1, 0.15) is 16.3 Å². The molecule has 5 heteroatoms. The van der Waals surface area contributed by atoms with Crippen LogP contribution >= 0.6 is 11.3 Å². The predicted molar refractivity (Wildman–Crippen MR) is 72.8 cm³/mol. The number of thiazole rings is 1. The van der Waals surface area contributed by atoms with Crippen LogP contribution in [0.4, 0.5) is 10.1 Å². The fourth-order valence-corrected chi connectivity index (χ4v) is 2.43. The molecule has 0 bridgehead atoms. The first kappa shape index (κ1) is 13.0. The minimum Gasteiger partial charge on any atom is -0.396 e. The second-order valence-electron chi connectivity index (χ2n) is 4.34. The number of nitrogens with zero attached hydrogens (tertiary/aromatic N) is 2. The zero-order chi connectivity index (χ0) is 13.1. The number of hydrogen-bond acceptors (Lipinski definition) is 4. The van der Waals surface area contributed by atoms with E-state index in [-0.39, 0.29) is 11.5 Å². The van der Waals surface area contributed by atoms with E-state index in [4.69, 9.17) is 5.73 Å². The maximum Gasteiger partial charge on any atom is 0.146 e. The van der Waals surface area contributed by atoms with Crippen LogP contribution in [0.3, 0.4) is 0 Å². The lowest BCUT2D eigenvalue weighted by molar-refractivity contribution is 0.316. The first-order valence-electron chi connectivity index (χ1n) is 5.68. The van der Waals surface area contributed by atoms with Gasteiger partial charge < -0.3 is 5.73 Å². The second kappa shape index (κ2) is 5.46. The minimum absolute atomic E-state index is 0.235. The Bertz CT molecular complexity index is 539. The number of nitrogens with two attached hydrogens (primary N) is 1. The average molecular weight is 265 g/mol. The van der Waals surface area contributed by atoms with E-state index in [1.54, 1.807) is 17.4 Å². The van der Waals surface area contributed by atoms with E-state index in [0.717, 1.165) is 22.8 Å². The number of halogens is 1. The molecule has 0 fully saturated rings. The summed E-state index contributed by atoms with van der Waals surface area (Å²) in [6.45, 7) is 3.33. The summed E-state index contributed by atoms with van der Waals surface area (Å²) in [5.41, 5.74) is 7.79. The third-order valence-corrected chi connectivity index (χ3v) is 3.50. The van der Waals surface area contributed by atoms with Crippen molar-refractivity contribution in [1.82, 2.24) is 9.88 Å². The summed E-state index contributed by atoms with van der Waals surface area (Å²) in [5.74, 6) is -0.356. The number of nitrogen functional groups attached to an aromatic ring is 1. The Labute approximate surface area is 110 Å². The van der Waals surface area contributed by atoms with Crippen LogP contribution in [0.15, 0.2) is 23.6 Å². The van der Waals surface area contributed by atoms with Gasteiger partial charge >= 0.3 is 0 Å². The van der Waals surface area contributed by atoms with Crippen LogP contribution in [0.2, 0.25) is 0 Å². The van der Waals surface area contributed by atoms with E-state index in [9.17, 15) is 4.39 Å². The van der Waals surface area contributed by atoms with Crippen molar-refractivity contribution < 1.29 is 4.39 Å². The first-order chi connectivity index (χ1) is 8.56. The number of aryl methyl sites for hydroxylation is 1. The van der Waals surface area contributed by atoms with Crippen molar-refractivity contribution in [3.63, 3.8) is 0 Å². The SMILES string of the molecule is Cc1nc(CN(C)Cc2cccc(F)c2N)cs1. The summed E-state index contributed by atoms with van der Waals surface area (Å²) in [7, 11) is 1.97. The molecule has 0 amide bonds. The van der Waals surface area contributed by atoms with E-state index in [0.29, 0.717) is 6.54 Å². The maximum absolute atomic E-state index is 13.3. The molecule has 1 heterocycles. The molecular weight excluding hydrogens is 249 g/mol. The number of rotatable bonds is 4. The Balaban J connectivity index is 2.03. The maximum atomic E-state index is 13.3. The van der Waals surface area contributed by atoms with E-state index in [1.807, 2.05) is 25.4 Å². The molecule has 0 atom stereocenters. The molecule has 2 N–H and O–H groups in total. The van der Waals surface area contributed by atoms with Gasteiger partial charge in [0.25, 0.3) is 0 Å². The lowest BCUT2D eigenvalue weighted by Gasteiger charge is -2.16. The summed E-state index contributed by atoms with van der Waals surface area (Å²) in [6, 6.07) is 4.91. The molecule has 18 heavy (non-hydrogen) atoms. The molecule has 1 aromatic carbocycles. The number of para-hydroxylation sites is 1. The Hall–Kier alpha value is -1.46. The fourth-order valence-electron chi connectivity index (χ4n) is 1.82. The van der Waals surface area contributed by atoms with Gasteiger partial charge in [0, 0.05) is 18.5 Å². The van der Waals surface area contributed by atoms with Crippen molar-refractivity contribution in [1.29, 1.82) is 0 Å². The number of aromatic nitrogens is 1. The van der Waals surface area contributed by atoms with Gasteiger partial charge in [-0.1, -0.05) is 12.1 Å². The van der Waals surface area contributed by atoms with Crippen LogP contribution in [0, 0.1) is 12.7 Å². The standard InChI is InChI=1S/C13H16FN3S/c1-9-16-11(8-18-9)7-17(2)6-10-4-3-5-12(14)13(10)15/h3-5,8H,6-7,15H2,1-2H3. The zero-order valence-electron chi connectivity index (χ0n) is 10.5. The van der Waals surface area contributed by atoms with Gasteiger partial charge in [0.15, 0.2) is 0 Å². The van der Waals surface area contributed by atoms with Gasteiger partial charge in [-0.15, -0.1) is 11.3 Å². The Morgan fingerprint density at radius 3 is 2.83 bits per heavy atom. The average Bonchev–Trinajstić information content (AvgIpc) is 2.70. The third-order valence-electron chi connectivity index (χ3n) is 2.68. The van der Waals surface area contributed by atoms with E-state index < -0.39 is 0 Å². The lowest BCUT2D eigenvalue weighted by atomic mass is 10.1. The monoisotopic (exact) mass is 265 g/mol. The minimum atomic E-state index is -0.356.